The molecule has 4 rings (SSSR count). The van der Waals surface area contributed by atoms with Crippen LogP contribution in [0.25, 0.3) is 11.0 Å². The number of hydrogen-bond donors (Lipinski definition) is 1. The zero-order valence-corrected chi connectivity index (χ0v) is 17.9. The molecule has 0 fully saturated rings. The van der Waals surface area contributed by atoms with E-state index in [0.717, 1.165) is 22.1 Å². The second kappa shape index (κ2) is 8.78. The number of nitrogens with one attached hydrogen (secondary N) is 1. The summed E-state index contributed by atoms with van der Waals surface area (Å²) in [5.41, 5.74) is 2.57. The summed E-state index contributed by atoms with van der Waals surface area (Å²) in [5, 5.41) is 3.89. The summed E-state index contributed by atoms with van der Waals surface area (Å²) in [4.78, 5) is 13.0. The van der Waals surface area contributed by atoms with Crippen molar-refractivity contribution >= 4 is 26.7 Å². The van der Waals surface area contributed by atoms with Crippen LogP contribution < -0.4 is 5.32 Å². The molecule has 1 N–H and O–H groups in total. The Bertz CT molecular complexity index is 1260. The van der Waals surface area contributed by atoms with Gasteiger partial charge in [-0.15, -0.1) is 0 Å². The van der Waals surface area contributed by atoms with Gasteiger partial charge in [-0.3, -0.25) is 4.79 Å². The van der Waals surface area contributed by atoms with Crippen molar-refractivity contribution in [1.82, 2.24) is 5.32 Å². The maximum Gasteiger partial charge on any atom is 0.221 e. The summed E-state index contributed by atoms with van der Waals surface area (Å²) in [5.74, 6) is -0.0177. The van der Waals surface area contributed by atoms with E-state index in [9.17, 15) is 13.2 Å². The SMILES string of the molecule is Cc1ccc(S(=O)(=O)CCC(=O)NC(c2ccccc2)c2cc3ccccc3o2)cc1. The standard InChI is InChI=1S/C25H23NO4S/c1-18-11-13-21(14-12-18)31(28,29)16-15-24(27)26-25(19-7-3-2-4-8-19)23-17-20-9-5-6-10-22(20)30-23/h2-14,17,25H,15-16H2,1H3,(H,26,27). The number of aryl methyl sites for hydroxylation is 1. The highest BCUT2D eigenvalue weighted by Gasteiger charge is 2.22. The van der Waals surface area contributed by atoms with Gasteiger partial charge in [-0.25, -0.2) is 8.42 Å². The highest BCUT2D eigenvalue weighted by Crippen LogP contribution is 2.28. The number of rotatable bonds is 7. The van der Waals surface area contributed by atoms with Gasteiger partial charge in [-0.05, 0) is 36.8 Å². The van der Waals surface area contributed by atoms with E-state index in [-0.39, 0.29) is 23.0 Å². The maximum absolute atomic E-state index is 12.7. The summed E-state index contributed by atoms with van der Waals surface area (Å²) in [7, 11) is -3.54. The van der Waals surface area contributed by atoms with E-state index >= 15 is 0 Å². The summed E-state index contributed by atoms with van der Waals surface area (Å²) in [6, 6.07) is 25.1. The van der Waals surface area contributed by atoms with Crippen LogP contribution in [0.5, 0.6) is 0 Å². The Kier molecular flexibility index (Phi) is 5.91. The van der Waals surface area contributed by atoms with Crippen LogP contribution in [0.4, 0.5) is 0 Å². The van der Waals surface area contributed by atoms with Crippen molar-refractivity contribution in [2.75, 3.05) is 5.75 Å². The molecule has 31 heavy (non-hydrogen) atoms. The predicted molar refractivity (Wildman–Crippen MR) is 120 cm³/mol. The molecule has 0 bridgehead atoms. The number of fused-ring (bicyclic) bond motifs is 1. The Balaban J connectivity index is 1.53. The van der Waals surface area contributed by atoms with Gasteiger partial charge in [0.25, 0.3) is 0 Å². The fourth-order valence-corrected chi connectivity index (χ4v) is 4.67. The first-order valence-corrected chi connectivity index (χ1v) is 11.7. The van der Waals surface area contributed by atoms with E-state index < -0.39 is 15.9 Å². The van der Waals surface area contributed by atoms with Crippen LogP contribution in [0.2, 0.25) is 0 Å². The Labute approximate surface area is 181 Å². The summed E-state index contributed by atoms with van der Waals surface area (Å²) >= 11 is 0. The summed E-state index contributed by atoms with van der Waals surface area (Å²) in [6.45, 7) is 1.89. The van der Waals surface area contributed by atoms with Gasteiger partial charge in [0.15, 0.2) is 9.84 Å². The van der Waals surface area contributed by atoms with E-state index in [1.165, 1.54) is 0 Å². The molecule has 1 heterocycles. The molecule has 4 aromatic rings. The average molecular weight is 434 g/mol. The van der Waals surface area contributed by atoms with Gasteiger partial charge < -0.3 is 9.73 Å². The number of benzene rings is 3. The highest BCUT2D eigenvalue weighted by molar-refractivity contribution is 7.91. The second-order valence-electron chi connectivity index (χ2n) is 7.48. The molecule has 3 aromatic carbocycles. The normalized spacial score (nSPS) is 12.5. The van der Waals surface area contributed by atoms with Crippen molar-refractivity contribution in [1.29, 1.82) is 0 Å². The largest absolute Gasteiger partial charge is 0.459 e. The topological polar surface area (TPSA) is 76.4 Å². The Hall–Kier alpha value is -3.38. The van der Waals surface area contributed by atoms with Crippen molar-refractivity contribution in [2.24, 2.45) is 0 Å². The van der Waals surface area contributed by atoms with Crippen LogP contribution in [-0.2, 0) is 14.6 Å². The predicted octanol–water partition coefficient (Wildman–Crippen LogP) is 4.81. The molecule has 1 atom stereocenters. The van der Waals surface area contributed by atoms with Gasteiger partial charge in [0, 0.05) is 11.8 Å². The van der Waals surface area contributed by atoms with Crippen molar-refractivity contribution < 1.29 is 17.6 Å². The van der Waals surface area contributed by atoms with Gasteiger partial charge in [-0.2, -0.15) is 0 Å². The molecular formula is C25H23NO4S. The van der Waals surface area contributed by atoms with Crippen LogP contribution in [-0.4, -0.2) is 20.1 Å². The van der Waals surface area contributed by atoms with Crippen LogP contribution in [0.1, 0.15) is 29.3 Å². The average Bonchev–Trinajstić information content (AvgIpc) is 3.21. The first kappa shape index (κ1) is 20.9. The molecule has 0 saturated carbocycles. The monoisotopic (exact) mass is 433 g/mol. The lowest BCUT2D eigenvalue weighted by Gasteiger charge is -2.17. The highest BCUT2D eigenvalue weighted by atomic mass is 32.2. The van der Waals surface area contributed by atoms with E-state index in [1.807, 2.05) is 67.6 Å². The van der Waals surface area contributed by atoms with Crippen molar-refractivity contribution in [3.8, 4) is 0 Å². The molecule has 0 aliphatic heterocycles. The number of carbonyl (C=O) groups excluding carboxylic acids is 1. The lowest BCUT2D eigenvalue weighted by molar-refractivity contribution is -0.121. The molecule has 0 aliphatic rings. The Morgan fingerprint density at radius 2 is 1.61 bits per heavy atom. The van der Waals surface area contributed by atoms with Crippen LogP contribution >= 0.6 is 0 Å². The van der Waals surface area contributed by atoms with Gasteiger partial charge in [-0.1, -0.05) is 66.2 Å². The van der Waals surface area contributed by atoms with Crippen molar-refractivity contribution in [2.45, 2.75) is 24.3 Å². The van der Waals surface area contributed by atoms with E-state index in [4.69, 9.17) is 4.42 Å². The number of furan rings is 1. The molecule has 0 aliphatic carbocycles. The van der Waals surface area contributed by atoms with E-state index in [1.54, 1.807) is 24.3 Å². The third kappa shape index (κ3) is 4.86. The molecular weight excluding hydrogens is 410 g/mol. The number of amides is 1. The van der Waals surface area contributed by atoms with Gasteiger partial charge in [0.05, 0.1) is 10.6 Å². The lowest BCUT2D eigenvalue weighted by atomic mass is 10.0. The van der Waals surface area contributed by atoms with Gasteiger partial charge in [0.1, 0.15) is 17.4 Å². The third-order valence-electron chi connectivity index (χ3n) is 5.15. The number of para-hydroxylation sites is 1. The molecule has 0 spiro atoms. The first-order valence-electron chi connectivity index (χ1n) is 10.0. The molecule has 1 aromatic heterocycles. The minimum absolute atomic E-state index is 0.139. The maximum atomic E-state index is 12.7. The number of sulfone groups is 1. The number of carbonyl (C=O) groups is 1. The van der Waals surface area contributed by atoms with Gasteiger partial charge in [0.2, 0.25) is 5.91 Å². The fraction of sp³-hybridized carbons (Fsp3) is 0.160. The smallest absolute Gasteiger partial charge is 0.221 e. The minimum Gasteiger partial charge on any atom is -0.459 e. The summed E-state index contributed by atoms with van der Waals surface area (Å²) in [6.07, 6.45) is -0.139. The zero-order chi connectivity index (χ0) is 21.8. The molecule has 158 valence electrons. The number of hydrogen-bond acceptors (Lipinski definition) is 4. The lowest BCUT2D eigenvalue weighted by Crippen LogP contribution is -2.30. The minimum atomic E-state index is -3.54. The molecule has 0 radical (unpaired) electrons. The molecule has 1 amide bonds. The fourth-order valence-electron chi connectivity index (χ4n) is 3.43. The molecule has 6 heteroatoms. The Morgan fingerprint density at radius 1 is 0.935 bits per heavy atom. The molecule has 1 unspecified atom stereocenters. The third-order valence-corrected chi connectivity index (χ3v) is 6.88. The van der Waals surface area contributed by atoms with Crippen LogP contribution in [0, 0.1) is 6.92 Å². The molecule has 5 nitrogen and oxygen atoms in total. The summed E-state index contributed by atoms with van der Waals surface area (Å²) < 4.78 is 31.2. The van der Waals surface area contributed by atoms with Crippen molar-refractivity contribution in [3.05, 3.63) is 102 Å². The van der Waals surface area contributed by atoms with Crippen LogP contribution in [0.15, 0.2) is 94.2 Å². The van der Waals surface area contributed by atoms with Crippen LogP contribution in [0.3, 0.4) is 0 Å². The second-order valence-corrected chi connectivity index (χ2v) is 9.59. The van der Waals surface area contributed by atoms with E-state index in [0.29, 0.717) is 5.76 Å². The molecule has 0 saturated heterocycles. The van der Waals surface area contributed by atoms with E-state index in [2.05, 4.69) is 5.32 Å². The van der Waals surface area contributed by atoms with Gasteiger partial charge >= 0.3 is 0 Å². The zero-order valence-electron chi connectivity index (χ0n) is 17.1. The first-order chi connectivity index (χ1) is 14.9. The quantitative estimate of drug-likeness (QED) is 0.454. The van der Waals surface area contributed by atoms with Crippen molar-refractivity contribution in [3.63, 3.8) is 0 Å². The Morgan fingerprint density at radius 3 is 2.32 bits per heavy atom.